The van der Waals surface area contributed by atoms with Gasteiger partial charge in [0.25, 0.3) is 0 Å². The fraction of sp³-hybridized carbons (Fsp3) is 0.200. The normalized spacial score (nSPS) is 19.7. The van der Waals surface area contributed by atoms with Crippen molar-refractivity contribution >= 4 is 35.1 Å². The molecular weight excluding hydrogens is 375 g/mol. The van der Waals surface area contributed by atoms with Gasteiger partial charge in [0.05, 0.1) is 25.4 Å². The summed E-state index contributed by atoms with van der Waals surface area (Å²) in [5, 5.41) is 1.07. The van der Waals surface area contributed by atoms with E-state index < -0.39 is 23.8 Å². The predicted octanol–water partition coefficient (Wildman–Crippen LogP) is 4.23. The summed E-state index contributed by atoms with van der Waals surface area (Å²) in [6, 6.07) is 11.0. The predicted molar refractivity (Wildman–Crippen MR) is 97.6 cm³/mol. The van der Waals surface area contributed by atoms with Crippen molar-refractivity contribution in [3.8, 4) is 0 Å². The lowest BCUT2D eigenvalue weighted by Gasteiger charge is -2.42. The van der Waals surface area contributed by atoms with Gasteiger partial charge in [-0.15, -0.1) is 0 Å². The average Bonchev–Trinajstić information content (AvgIpc) is 2.66. The highest BCUT2D eigenvalue weighted by Crippen LogP contribution is 2.58. The van der Waals surface area contributed by atoms with E-state index in [0.717, 1.165) is 22.3 Å². The molecule has 0 heterocycles. The fourth-order valence-electron chi connectivity index (χ4n) is 4.12. The summed E-state index contributed by atoms with van der Waals surface area (Å²) >= 11 is 13.0. The Kier molecular flexibility index (Phi) is 4.05. The summed E-state index contributed by atoms with van der Waals surface area (Å²) in [7, 11) is 2.58. The summed E-state index contributed by atoms with van der Waals surface area (Å²) in [6.07, 6.45) is 0. The quantitative estimate of drug-likeness (QED) is 0.722. The Labute approximate surface area is 160 Å². The van der Waals surface area contributed by atoms with Gasteiger partial charge in [-0.1, -0.05) is 47.5 Å². The molecule has 0 fully saturated rings. The van der Waals surface area contributed by atoms with E-state index in [1.807, 2.05) is 24.3 Å². The molecule has 0 N–H and O–H groups in total. The first-order valence-electron chi connectivity index (χ1n) is 7.98. The topological polar surface area (TPSA) is 52.6 Å². The number of benzene rings is 2. The van der Waals surface area contributed by atoms with E-state index in [1.54, 1.807) is 12.1 Å². The molecule has 3 aliphatic rings. The fourth-order valence-corrected chi connectivity index (χ4v) is 4.70. The molecule has 26 heavy (non-hydrogen) atoms. The number of carbonyl (C=O) groups excluding carboxylic acids is 2. The van der Waals surface area contributed by atoms with Crippen LogP contribution in [0.3, 0.4) is 0 Å². The first-order chi connectivity index (χ1) is 12.5. The SMILES string of the molecule is COC(=O)C1=C(C(=O)OC)[C@H]2c3cccc(Cl)c3[C@@H]1c1cccc(Cl)c12. The van der Waals surface area contributed by atoms with E-state index in [0.29, 0.717) is 10.0 Å². The van der Waals surface area contributed by atoms with Gasteiger partial charge in [0, 0.05) is 21.9 Å². The van der Waals surface area contributed by atoms with Crippen molar-refractivity contribution < 1.29 is 19.1 Å². The smallest absolute Gasteiger partial charge is 0.335 e. The first-order valence-corrected chi connectivity index (χ1v) is 8.74. The van der Waals surface area contributed by atoms with E-state index >= 15 is 0 Å². The third kappa shape index (κ3) is 2.15. The highest BCUT2D eigenvalue weighted by atomic mass is 35.5. The Morgan fingerprint density at radius 3 is 1.50 bits per heavy atom. The minimum atomic E-state index is -0.573. The van der Waals surface area contributed by atoms with Crippen molar-refractivity contribution in [2.24, 2.45) is 0 Å². The number of hydrogen-bond acceptors (Lipinski definition) is 4. The number of hydrogen-bond donors (Lipinski definition) is 0. The van der Waals surface area contributed by atoms with Crippen LogP contribution in [0.25, 0.3) is 0 Å². The van der Waals surface area contributed by atoms with Gasteiger partial charge in [-0.3, -0.25) is 0 Å². The van der Waals surface area contributed by atoms with Crippen LogP contribution in [-0.2, 0) is 19.1 Å². The van der Waals surface area contributed by atoms with Crippen molar-refractivity contribution in [1.29, 1.82) is 0 Å². The maximum atomic E-state index is 12.6. The molecule has 2 aromatic carbocycles. The lowest BCUT2D eigenvalue weighted by molar-refractivity contribution is -0.140. The van der Waals surface area contributed by atoms with E-state index in [9.17, 15) is 9.59 Å². The molecule has 0 saturated carbocycles. The third-order valence-corrected chi connectivity index (χ3v) is 5.71. The number of rotatable bonds is 2. The molecular formula is C20H14Cl2O4. The summed E-state index contributed by atoms with van der Waals surface area (Å²) in [4.78, 5) is 25.3. The van der Waals surface area contributed by atoms with Gasteiger partial charge in [0.2, 0.25) is 0 Å². The van der Waals surface area contributed by atoms with E-state index in [-0.39, 0.29) is 11.1 Å². The second-order valence-corrected chi connectivity index (χ2v) is 6.98. The van der Waals surface area contributed by atoms with Gasteiger partial charge in [-0.05, 0) is 34.4 Å². The summed E-state index contributed by atoms with van der Waals surface area (Å²) < 4.78 is 9.97. The molecule has 0 radical (unpaired) electrons. The van der Waals surface area contributed by atoms with Gasteiger partial charge < -0.3 is 9.47 Å². The van der Waals surface area contributed by atoms with Crippen LogP contribution in [0, 0.1) is 0 Å². The molecule has 0 spiro atoms. The van der Waals surface area contributed by atoms with Gasteiger partial charge in [0.1, 0.15) is 0 Å². The van der Waals surface area contributed by atoms with E-state index in [1.165, 1.54) is 14.2 Å². The maximum absolute atomic E-state index is 12.6. The molecule has 3 aliphatic carbocycles. The van der Waals surface area contributed by atoms with Crippen LogP contribution < -0.4 is 0 Å². The van der Waals surface area contributed by atoms with Gasteiger partial charge in [-0.25, -0.2) is 9.59 Å². The van der Waals surface area contributed by atoms with Crippen LogP contribution in [0.15, 0.2) is 47.5 Å². The monoisotopic (exact) mass is 388 g/mol. The Balaban J connectivity index is 2.14. The third-order valence-electron chi connectivity index (χ3n) is 5.05. The number of carbonyl (C=O) groups is 2. The van der Waals surface area contributed by atoms with Gasteiger partial charge >= 0.3 is 11.9 Å². The van der Waals surface area contributed by atoms with Crippen LogP contribution in [0.2, 0.25) is 10.0 Å². The number of methoxy groups -OCH3 is 2. The Bertz CT molecular complexity index is 914. The van der Waals surface area contributed by atoms with Crippen molar-refractivity contribution in [2.75, 3.05) is 14.2 Å². The molecule has 132 valence electrons. The molecule has 2 bridgehead atoms. The highest BCUT2D eigenvalue weighted by molar-refractivity contribution is 6.33. The highest BCUT2D eigenvalue weighted by Gasteiger charge is 2.49. The molecule has 0 aromatic heterocycles. The van der Waals surface area contributed by atoms with E-state index in [4.69, 9.17) is 32.7 Å². The summed E-state index contributed by atoms with van der Waals surface area (Å²) in [5.74, 6) is -2.20. The molecule has 2 aromatic rings. The lowest BCUT2D eigenvalue weighted by atomic mass is 9.61. The Hall–Kier alpha value is -2.30. The van der Waals surface area contributed by atoms with Crippen molar-refractivity contribution in [3.05, 3.63) is 79.8 Å². The van der Waals surface area contributed by atoms with Gasteiger partial charge in [-0.2, -0.15) is 0 Å². The molecule has 5 rings (SSSR count). The molecule has 6 heteroatoms. The lowest BCUT2D eigenvalue weighted by Crippen LogP contribution is -2.35. The zero-order valence-electron chi connectivity index (χ0n) is 14.0. The zero-order valence-corrected chi connectivity index (χ0v) is 15.5. The second-order valence-electron chi connectivity index (χ2n) is 6.16. The number of ether oxygens (including phenoxy) is 2. The van der Waals surface area contributed by atoms with Crippen molar-refractivity contribution in [1.82, 2.24) is 0 Å². The van der Waals surface area contributed by atoms with Crippen LogP contribution >= 0.6 is 23.2 Å². The second kappa shape index (κ2) is 6.15. The zero-order chi connectivity index (χ0) is 18.6. The number of esters is 2. The average molecular weight is 389 g/mol. The van der Waals surface area contributed by atoms with Gasteiger partial charge in [0.15, 0.2) is 0 Å². The molecule has 0 saturated heterocycles. The van der Waals surface area contributed by atoms with Crippen molar-refractivity contribution in [3.63, 3.8) is 0 Å². The van der Waals surface area contributed by atoms with Crippen LogP contribution in [0.1, 0.15) is 34.1 Å². The molecule has 0 amide bonds. The number of halogens is 2. The first kappa shape index (κ1) is 17.1. The molecule has 0 unspecified atom stereocenters. The maximum Gasteiger partial charge on any atom is 0.335 e. The van der Waals surface area contributed by atoms with Crippen LogP contribution in [0.5, 0.6) is 0 Å². The van der Waals surface area contributed by atoms with Crippen LogP contribution in [0.4, 0.5) is 0 Å². The molecule has 0 aliphatic heterocycles. The largest absolute Gasteiger partial charge is 0.466 e. The Morgan fingerprint density at radius 1 is 0.769 bits per heavy atom. The minimum absolute atomic E-state index is 0.264. The summed E-state index contributed by atoms with van der Waals surface area (Å²) in [6.45, 7) is 0. The Morgan fingerprint density at radius 2 is 1.15 bits per heavy atom. The molecule has 2 atom stereocenters. The standard InChI is InChI=1S/C20H14Cl2O4/c1-25-19(23)17-15-9-5-3-8-12(22)14(9)16(18(17)20(24)26-2)10-6-4-7-11(21)13(10)15/h3-8,15-16H,1-2H3/t15-,16-/m0/s1. The summed E-state index contributed by atoms with van der Waals surface area (Å²) in [5.41, 5.74) is 3.86. The molecule has 4 nitrogen and oxygen atoms in total. The van der Waals surface area contributed by atoms with Crippen LogP contribution in [-0.4, -0.2) is 26.2 Å². The van der Waals surface area contributed by atoms with Crippen molar-refractivity contribution in [2.45, 2.75) is 11.8 Å². The van der Waals surface area contributed by atoms with E-state index in [2.05, 4.69) is 0 Å². The minimum Gasteiger partial charge on any atom is -0.466 e.